The zero-order chi connectivity index (χ0) is 28.6. The number of hydrogen-bond acceptors (Lipinski definition) is 7. The average molecular weight is 541 g/mol. The Hall–Kier alpha value is -3.50. The lowest BCUT2D eigenvalue weighted by molar-refractivity contribution is -0.158. The normalized spacial score (nSPS) is 14.1. The summed E-state index contributed by atoms with van der Waals surface area (Å²) in [6, 6.07) is 4.64. The van der Waals surface area contributed by atoms with Gasteiger partial charge in [-0.15, -0.1) is 0 Å². The molecule has 8 nitrogen and oxygen atoms in total. The van der Waals surface area contributed by atoms with Gasteiger partial charge in [0.1, 0.15) is 24.0 Å². The summed E-state index contributed by atoms with van der Waals surface area (Å²) in [5.41, 5.74) is -1.10. The van der Waals surface area contributed by atoms with E-state index in [-0.39, 0.29) is 29.0 Å². The van der Waals surface area contributed by atoms with Crippen molar-refractivity contribution in [3.05, 3.63) is 47.8 Å². The lowest BCUT2D eigenvalue weighted by Crippen LogP contribution is -2.48. The predicted molar refractivity (Wildman–Crippen MR) is 134 cm³/mol. The summed E-state index contributed by atoms with van der Waals surface area (Å²) < 4.78 is 55.6. The largest absolute Gasteiger partial charge is 0.503 e. The van der Waals surface area contributed by atoms with Crippen molar-refractivity contribution in [3.8, 4) is 17.2 Å². The fourth-order valence-electron chi connectivity index (χ4n) is 4.01. The van der Waals surface area contributed by atoms with Gasteiger partial charge in [0, 0.05) is 12.3 Å². The van der Waals surface area contributed by atoms with Crippen molar-refractivity contribution >= 4 is 11.9 Å². The lowest BCUT2D eigenvalue weighted by Gasteiger charge is -2.32. The molecule has 210 valence electrons. The van der Waals surface area contributed by atoms with Gasteiger partial charge in [0.15, 0.2) is 17.2 Å². The van der Waals surface area contributed by atoms with E-state index in [1.807, 2.05) is 13.8 Å². The third kappa shape index (κ3) is 7.75. The van der Waals surface area contributed by atoms with E-state index in [9.17, 15) is 27.9 Å². The molecule has 2 aromatic rings. The van der Waals surface area contributed by atoms with Crippen molar-refractivity contribution in [1.82, 2.24) is 10.3 Å². The number of hydrogen-bond donors (Lipinski definition) is 2. The van der Waals surface area contributed by atoms with Crippen LogP contribution in [0.1, 0.15) is 63.5 Å². The highest BCUT2D eigenvalue weighted by atomic mass is 19.4. The first kappa shape index (κ1) is 30.7. The molecule has 0 fully saturated rings. The predicted octanol–water partition coefficient (Wildman–Crippen LogP) is 5.38. The highest BCUT2D eigenvalue weighted by molar-refractivity contribution is 5.98. The van der Waals surface area contributed by atoms with Crippen LogP contribution in [0.15, 0.2) is 36.5 Å². The molecule has 1 amide bonds. The Balaban J connectivity index is 2.21. The molecule has 0 aliphatic heterocycles. The van der Waals surface area contributed by atoms with Gasteiger partial charge >= 0.3 is 12.1 Å². The van der Waals surface area contributed by atoms with Crippen molar-refractivity contribution < 1.29 is 42.1 Å². The number of esters is 1. The number of ether oxygens (including phenoxy) is 3. The smallest absolute Gasteiger partial charge is 0.416 e. The summed E-state index contributed by atoms with van der Waals surface area (Å²) in [6.07, 6.45) is -3.28. The van der Waals surface area contributed by atoms with Crippen LogP contribution in [0.5, 0.6) is 17.2 Å². The van der Waals surface area contributed by atoms with Gasteiger partial charge in [-0.05, 0) is 55.9 Å². The van der Waals surface area contributed by atoms with Gasteiger partial charge in [-0.1, -0.05) is 27.7 Å². The Morgan fingerprint density at radius 3 is 2.16 bits per heavy atom. The number of pyridine rings is 1. The minimum atomic E-state index is -4.47. The van der Waals surface area contributed by atoms with Gasteiger partial charge in [-0.3, -0.25) is 4.79 Å². The average Bonchev–Trinajstić information content (AvgIpc) is 2.86. The highest BCUT2D eigenvalue weighted by Crippen LogP contribution is 2.32. The van der Waals surface area contributed by atoms with Crippen molar-refractivity contribution in [2.75, 3.05) is 7.11 Å². The number of carbonyl (C=O) groups excluding carboxylic acids is 2. The Kier molecular flexibility index (Phi) is 10.8. The summed E-state index contributed by atoms with van der Waals surface area (Å²) >= 11 is 0. The number of methoxy groups -OCH3 is 1. The minimum Gasteiger partial charge on any atom is -0.503 e. The van der Waals surface area contributed by atoms with Crippen LogP contribution in [0.4, 0.5) is 13.2 Å². The Morgan fingerprint density at radius 2 is 1.66 bits per heavy atom. The Labute approximate surface area is 220 Å². The quantitative estimate of drug-likeness (QED) is 0.348. The van der Waals surface area contributed by atoms with Crippen LogP contribution in [0, 0.1) is 11.8 Å². The van der Waals surface area contributed by atoms with Crippen LogP contribution in [-0.4, -0.2) is 47.3 Å². The topological polar surface area (TPSA) is 107 Å². The van der Waals surface area contributed by atoms with Crippen LogP contribution in [-0.2, 0) is 15.7 Å². The summed E-state index contributed by atoms with van der Waals surface area (Å²) in [4.78, 5) is 29.8. The third-order valence-electron chi connectivity index (χ3n) is 6.26. The second kappa shape index (κ2) is 13.3. The van der Waals surface area contributed by atoms with E-state index < -0.39 is 47.6 Å². The van der Waals surface area contributed by atoms with Crippen LogP contribution >= 0.6 is 0 Å². The first-order chi connectivity index (χ1) is 17.8. The van der Waals surface area contributed by atoms with Gasteiger partial charge in [0.25, 0.3) is 5.91 Å². The molecule has 0 spiro atoms. The molecule has 0 saturated carbocycles. The van der Waals surface area contributed by atoms with E-state index in [2.05, 4.69) is 10.3 Å². The SMILES string of the molecule is CCC(CC)[C@@H](Oc1ccc(C(F)(F)F)cc1)[C@H](C)OC(=O)[C@@H](NC(=O)c1nccc(OC)c1O)C(C)C. The molecule has 0 unspecified atom stereocenters. The summed E-state index contributed by atoms with van der Waals surface area (Å²) in [5, 5.41) is 12.8. The molecule has 1 aromatic heterocycles. The number of benzene rings is 1. The first-order valence-corrected chi connectivity index (χ1v) is 12.4. The van der Waals surface area contributed by atoms with E-state index in [1.165, 1.54) is 31.5 Å². The lowest BCUT2D eigenvalue weighted by atomic mass is 9.93. The second-order valence-electron chi connectivity index (χ2n) is 9.23. The fraction of sp³-hybridized carbons (Fsp3) is 0.519. The van der Waals surface area contributed by atoms with Gasteiger partial charge < -0.3 is 24.6 Å². The molecule has 1 aromatic carbocycles. The zero-order valence-electron chi connectivity index (χ0n) is 22.3. The molecule has 1 heterocycles. The molecule has 3 atom stereocenters. The maximum absolute atomic E-state index is 13.2. The molecular weight excluding hydrogens is 505 g/mol. The number of nitrogens with zero attached hydrogens (tertiary/aromatic N) is 1. The summed E-state index contributed by atoms with van der Waals surface area (Å²) in [6.45, 7) is 8.95. The van der Waals surface area contributed by atoms with Gasteiger partial charge in [-0.25, -0.2) is 9.78 Å². The van der Waals surface area contributed by atoms with E-state index >= 15 is 0 Å². The van der Waals surface area contributed by atoms with E-state index in [4.69, 9.17) is 14.2 Å². The van der Waals surface area contributed by atoms with Gasteiger partial charge in [-0.2, -0.15) is 13.2 Å². The first-order valence-electron chi connectivity index (χ1n) is 12.4. The Bertz CT molecular complexity index is 1070. The minimum absolute atomic E-state index is 0.0517. The monoisotopic (exact) mass is 540 g/mol. The molecule has 0 saturated heterocycles. The molecule has 2 rings (SSSR count). The number of aromatic hydroxyl groups is 1. The number of nitrogens with one attached hydrogen (secondary N) is 1. The van der Waals surface area contributed by atoms with Crippen molar-refractivity contribution in [2.45, 2.75) is 71.9 Å². The molecule has 0 radical (unpaired) electrons. The zero-order valence-corrected chi connectivity index (χ0v) is 22.3. The van der Waals surface area contributed by atoms with Crippen LogP contribution in [0.2, 0.25) is 0 Å². The van der Waals surface area contributed by atoms with Gasteiger partial charge in [0.2, 0.25) is 0 Å². The molecule has 11 heteroatoms. The summed E-state index contributed by atoms with van der Waals surface area (Å²) in [5.74, 6) is -2.16. The third-order valence-corrected chi connectivity index (χ3v) is 6.26. The van der Waals surface area contributed by atoms with Crippen LogP contribution in [0.25, 0.3) is 0 Å². The van der Waals surface area contributed by atoms with Crippen LogP contribution in [0.3, 0.4) is 0 Å². The number of aromatic nitrogens is 1. The number of amides is 1. The highest BCUT2D eigenvalue weighted by Gasteiger charge is 2.35. The van der Waals surface area contributed by atoms with E-state index in [0.717, 1.165) is 12.1 Å². The molecule has 0 bridgehead atoms. The standard InChI is InChI=1S/C27H35F3N2O6/c1-7-17(8-2)24(38-19-11-9-18(10-12-19)27(28,29)30)16(5)37-26(35)21(15(3)4)32-25(34)22-23(33)20(36-6)13-14-31-22/h9-17,21,24,33H,7-8H2,1-6H3,(H,32,34)/t16-,21-,24-/m0/s1. The maximum atomic E-state index is 13.2. The van der Waals surface area contributed by atoms with E-state index in [0.29, 0.717) is 12.8 Å². The van der Waals surface area contributed by atoms with Crippen molar-refractivity contribution in [2.24, 2.45) is 11.8 Å². The number of alkyl halides is 3. The molecule has 0 aliphatic rings. The molecule has 38 heavy (non-hydrogen) atoms. The van der Waals surface area contributed by atoms with E-state index in [1.54, 1.807) is 20.8 Å². The number of halogens is 3. The Morgan fingerprint density at radius 1 is 1.05 bits per heavy atom. The van der Waals surface area contributed by atoms with Gasteiger partial charge in [0.05, 0.1) is 12.7 Å². The fourth-order valence-corrected chi connectivity index (χ4v) is 4.01. The van der Waals surface area contributed by atoms with Crippen molar-refractivity contribution in [1.29, 1.82) is 0 Å². The molecular formula is C27H35F3N2O6. The maximum Gasteiger partial charge on any atom is 0.416 e. The molecule has 0 aliphatic carbocycles. The number of carbonyl (C=O) groups is 2. The van der Waals surface area contributed by atoms with Crippen molar-refractivity contribution in [3.63, 3.8) is 0 Å². The second-order valence-corrected chi connectivity index (χ2v) is 9.23. The number of rotatable bonds is 12. The summed E-state index contributed by atoms with van der Waals surface area (Å²) in [7, 11) is 1.33. The molecule has 2 N–H and O–H groups in total. The van der Waals surface area contributed by atoms with Crippen LogP contribution < -0.4 is 14.8 Å².